The van der Waals surface area contributed by atoms with Crippen LogP contribution in [-0.2, 0) is 4.79 Å². The highest BCUT2D eigenvalue weighted by Crippen LogP contribution is 2.32. The smallest absolute Gasteiger partial charge is 0.241 e. The van der Waals surface area contributed by atoms with Crippen LogP contribution in [-0.4, -0.2) is 25.6 Å². The molecule has 0 aliphatic carbocycles. The summed E-state index contributed by atoms with van der Waals surface area (Å²) in [6, 6.07) is 3.70. The minimum Gasteiger partial charge on any atom is -0.495 e. The lowest BCUT2D eigenvalue weighted by Gasteiger charge is -2.18. The van der Waals surface area contributed by atoms with Crippen molar-refractivity contribution in [2.75, 3.05) is 19.0 Å². The lowest BCUT2D eigenvalue weighted by atomic mass is 10.0. The van der Waals surface area contributed by atoms with Gasteiger partial charge in [0.2, 0.25) is 5.91 Å². The molecule has 2 N–H and O–H groups in total. The Morgan fingerprint density at radius 2 is 2.26 bits per heavy atom. The van der Waals surface area contributed by atoms with E-state index in [2.05, 4.69) is 33.5 Å². The molecule has 19 heavy (non-hydrogen) atoms. The van der Waals surface area contributed by atoms with Crippen molar-refractivity contribution in [1.29, 1.82) is 0 Å². The zero-order valence-corrected chi connectivity index (χ0v) is 13.0. The molecule has 1 aliphatic rings. The van der Waals surface area contributed by atoms with Crippen molar-refractivity contribution in [3.05, 3.63) is 22.2 Å². The number of amides is 1. The Bertz CT molecular complexity index is 491. The fraction of sp³-hybridized carbons (Fsp3) is 0.500. The zero-order valence-electron chi connectivity index (χ0n) is 11.4. The largest absolute Gasteiger partial charge is 0.495 e. The molecule has 2 rings (SSSR count). The van der Waals surface area contributed by atoms with Crippen LogP contribution in [0.25, 0.3) is 0 Å². The number of methoxy groups -OCH3 is 1. The molecule has 2 atom stereocenters. The summed E-state index contributed by atoms with van der Waals surface area (Å²) >= 11 is 3.42. The molecule has 0 aromatic heterocycles. The maximum atomic E-state index is 12.3. The van der Waals surface area contributed by atoms with Crippen molar-refractivity contribution in [2.45, 2.75) is 26.3 Å². The molecule has 0 bridgehead atoms. The summed E-state index contributed by atoms with van der Waals surface area (Å²) in [7, 11) is 1.60. The molecule has 1 aromatic rings. The summed E-state index contributed by atoms with van der Waals surface area (Å²) in [5.74, 6) is 1.04. The number of aryl methyl sites for hydroxylation is 1. The van der Waals surface area contributed by atoms with Crippen LogP contribution >= 0.6 is 15.9 Å². The van der Waals surface area contributed by atoms with Crippen molar-refractivity contribution in [3.63, 3.8) is 0 Å². The first-order chi connectivity index (χ1) is 9.02. The van der Waals surface area contributed by atoms with Gasteiger partial charge in [-0.15, -0.1) is 0 Å². The van der Waals surface area contributed by atoms with E-state index in [1.54, 1.807) is 7.11 Å². The molecule has 104 valence electrons. The molecule has 5 heteroatoms. The molecule has 0 saturated carbocycles. The van der Waals surface area contributed by atoms with Gasteiger partial charge in [-0.2, -0.15) is 0 Å². The Morgan fingerprint density at radius 1 is 1.53 bits per heavy atom. The van der Waals surface area contributed by atoms with Gasteiger partial charge < -0.3 is 15.4 Å². The Hall–Kier alpha value is -1.07. The van der Waals surface area contributed by atoms with E-state index in [4.69, 9.17) is 4.74 Å². The average Bonchev–Trinajstić information content (AvgIpc) is 2.78. The molecule has 1 heterocycles. The molecular weight excluding hydrogens is 308 g/mol. The van der Waals surface area contributed by atoms with Crippen molar-refractivity contribution < 1.29 is 9.53 Å². The molecule has 0 radical (unpaired) electrons. The number of hydrogen-bond acceptors (Lipinski definition) is 3. The lowest BCUT2D eigenvalue weighted by Crippen LogP contribution is -2.39. The van der Waals surface area contributed by atoms with Gasteiger partial charge in [0.05, 0.1) is 18.8 Å². The standard InChI is InChI=1S/C14H19BrN2O2/c1-8-4-5-16-13(8)14(18)17-12-9(2)6-10(15)7-11(12)19-3/h6-8,13,16H,4-5H2,1-3H3,(H,17,18). The van der Waals surface area contributed by atoms with Crippen molar-refractivity contribution in [1.82, 2.24) is 5.32 Å². The van der Waals surface area contributed by atoms with E-state index >= 15 is 0 Å². The number of carbonyl (C=O) groups excluding carboxylic acids is 1. The summed E-state index contributed by atoms with van der Waals surface area (Å²) < 4.78 is 6.27. The number of rotatable bonds is 3. The summed E-state index contributed by atoms with van der Waals surface area (Å²) in [6.07, 6.45) is 1.04. The number of nitrogens with one attached hydrogen (secondary N) is 2. The third kappa shape index (κ3) is 3.09. The SMILES string of the molecule is COc1cc(Br)cc(C)c1NC(=O)C1NCCC1C. The zero-order chi connectivity index (χ0) is 14.0. The van der Waals surface area contributed by atoms with Crippen molar-refractivity contribution >= 4 is 27.5 Å². The molecular formula is C14H19BrN2O2. The highest BCUT2D eigenvalue weighted by atomic mass is 79.9. The average molecular weight is 327 g/mol. The molecule has 1 amide bonds. The summed E-state index contributed by atoms with van der Waals surface area (Å²) in [5.41, 5.74) is 1.72. The predicted molar refractivity (Wildman–Crippen MR) is 79.6 cm³/mol. The van der Waals surface area contributed by atoms with Gasteiger partial charge in [-0.1, -0.05) is 22.9 Å². The second-order valence-electron chi connectivity index (χ2n) is 4.99. The molecule has 1 saturated heterocycles. The molecule has 1 aliphatic heterocycles. The van der Waals surface area contributed by atoms with E-state index in [9.17, 15) is 4.79 Å². The molecule has 1 fully saturated rings. The quantitative estimate of drug-likeness (QED) is 0.897. The second-order valence-corrected chi connectivity index (χ2v) is 5.90. The maximum Gasteiger partial charge on any atom is 0.241 e. The number of carbonyl (C=O) groups is 1. The maximum absolute atomic E-state index is 12.3. The Balaban J connectivity index is 2.21. The minimum absolute atomic E-state index is 0.00808. The fourth-order valence-corrected chi connectivity index (χ4v) is 2.97. The van der Waals surface area contributed by atoms with E-state index in [-0.39, 0.29) is 11.9 Å². The number of halogens is 1. The van der Waals surface area contributed by atoms with Crippen LogP contribution in [0.3, 0.4) is 0 Å². The molecule has 0 spiro atoms. The highest BCUT2D eigenvalue weighted by Gasteiger charge is 2.29. The van der Waals surface area contributed by atoms with E-state index in [1.807, 2.05) is 19.1 Å². The van der Waals surface area contributed by atoms with Gasteiger partial charge in [0, 0.05) is 4.47 Å². The molecule has 1 aromatic carbocycles. The molecule has 2 unspecified atom stereocenters. The van der Waals surface area contributed by atoms with Crippen LogP contribution in [0.4, 0.5) is 5.69 Å². The normalized spacial score (nSPS) is 22.3. The lowest BCUT2D eigenvalue weighted by molar-refractivity contribution is -0.118. The number of ether oxygens (including phenoxy) is 1. The third-order valence-electron chi connectivity index (χ3n) is 3.55. The van der Waals surface area contributed by atoms with E-state index in [0.29, 0.717) is 11.7 Å². The van der Waals surface area contributed by atoms with Gasteiger partial charge >= 0.3 is 0 Å². The first-order valence-electron chi connectivity index (χ1n) is 6.41. The number of benzene rings is 1. The second kappa shape index (κ2) is 5.92. The summed E-state index contributed by atoms with van der Waals surface area (Å²) in [6.45, 7) is 4.94. The Kier molecular flexibility index (Phi) is 4.47. The molecule has 4 nitrogen and oxygen atoms in total. The van der Waals surface area contributed by atoms with Crippen LogP contribution < -0.4 is 15.4 Å². The number of hydrogen-bond donors (Lipinski definition) is 2. The highest BCUT2D eigenvalue weighted by molar-refractivity contribution is 9.10. The van der Waals surface area contributed by atoms with Crippen LogP contribution in [0, 0.1) is 12.8 Å². The van der Waals surface area contributed by atoms with Crippen molar-refractivity contribution in [3.8, 4) is 5.75 Å². The van der Waals surface area contributed by atoms with Crippen LogP contribution in [0.2, 0.25) is 0 Å². The Labute approximate surface area is 122 Å². The van der Waals surface area contributed by atoms with E-state index < -0.39 is 0 Å². The van der Waals surface area contributed by atoms with Crippen LogP contribution in [0.1, 0.15) is 18.9 Å². The van der Waals surface area contributed by atoms with E-state index in [1.165, 1.54) is 0 Å². The topological polar surface area (TPSA) is 50.4 Å². The van der Waals surface area contributed by atoms with Gasteiger partial charge in [-0.25, -0.2) is 0 Å². The van der Waals surface area contributed by atoms with Gasteiger partial charge in [0.1, 0.15) is 5.75 Å². The Morgan fingerprint density at radius 3 is 2.84 bits per heavy atom. The minimum atomic E-state index is -0.118. The van der Waals surface area contributed by atoms with Crippen LogP contribution in [0.15, 0.2) is 16.6 Å². The number of anilines is 1. The monoisotopic (exact) mass is 326 g/mol. The first-order valence-corrected chi connectivity index (χ1v) is 7.20. The fourth-order valence-electron chi connectivity index (χ4n) is 2.42. The van der Waals surface area contributed by atoms with Gasteiger partial charge in [0.15, 0.2) is 0 Å². The van der Waals surface area contributed by atoms with Crippen LogP contribution in [0.5, 0.6) is 5.75 Å². The summed E-state index contributed by atoms with van der Waals surface area (Å²) in [4.78, 5) is 12.3. The van der Waals surface area contributed by atoms with Gasteiger partial charge in [-0.3, -0.25) is 4.79 Å². The van der Waals surface area contributed by atoms with Gasteiger partial charge in [0.25, 0.3) is 0 Å². The van der Waals surface area contributed by atoms with E-state index in [0.717, 1.165) is 28.7 Å². The first kappa shape index (κ1) is 14.3. The third-order valence-corrected chi connectivity index (χ3v) is 4.01. The predicted octanol–water partition coefficient (Wildman–Crippen LogP) is 2.70. The van der Waals surface area contributed by atoms with Gasteiger partial charge in [-0.05, 0) is 43.5 Å². The van der Waals surface area contributed by atoms with Crippen molar-refractivity contribution in [2.24, 2.45) is 5.92 Å². The summed E-state index contributed by atoms with van der Waals surface area (Å²) in [5, 5.41) is 6.21.